The molecule has 2 unspecified atom stereocenters. The number of nitrogens with zero attached hydrogens (tertiary/aromatic N) is 3. The minimum Gasteiger partial charge on any atom is -0.481 e. The fourth-order valence-electron chi connectivity index (χ4n) is 2.76. The quantitative estimate of drug-likeness (QED) is 0.894. The molecule has 0 aromatic carbocycles. The molecule has 0 spiro atoms. The van der Waals surface area contributed by atoms with Crippen LogP contribution in [-0.4, -0.2) is 44.9 Å². The molecule has 0 saturated carbocycles. The summed E-state index contributed by atoms with van der Waals surface area (Å²) in [4.78, 5) is 34.1. The van der Waals surface area contributed by atoms with E-state index >= 15 is 0 Å². The van der Waals surface area contributed by atoms with Gasteiger partial charge in [-0.05, 0) is 33.1 Å². The number of carbonyl (C=O) groups excluding carboxylic acids is 1. The van der Waals surface area contributed by atoms with Crippen LogP contribution < -0.4 is 0 Å². The number of hydrogen-bond donors (Lipinski definition) is 1. The van der Waals surface area contributed by atoms with Gasteiger partial charge in [-0.1, -0.05) is 6.92 Å². The number of aliphatic carboxylic acids is 1. The molecule has 2 heterocycles. The summed E-state index contributed by atoms with van der Waals surface area (Å²) in [5.74, 6) is -1.40. The highest BCUT2D eigenvalue weighted by atomic mass is 16.4. The SMILES string of the molecule is Cc1nc(C)c(C(=O)N2CC(C)CC(C(=O)O)C2)nc1C. The van der Waals surface area contributed by atoms with E-state index in [4.69, 9.17) is 0 Å². The topological polar surface area (TPSA) is 83.4 Å². The van der Waals surface area contributed by atoms with Crippen molar-refractivity contribution in [1.82, 2.24) is 14.9 Å². The van der Waals surface area contributed by atoms with E-state index in [2.05, 4.69) is 9.97 Å². The molecule has 1 saturated heterocycles. The van der Waals surface area contributed by atoms with Gasteiger partial charge in [0.05, 0.1) is 23.0 Å². The van der Waals surface area contributed by atoms with Gasteiger partial charge in [0.25, 0.3) is 5.91 Å². The van der Waals surface area contributed by atoms with Gasteiger partial charge in [-0.2, -0.15) is 0 Å². The van der Waals surface area contributed by atoms with Crippen molar-refractivity contribution in [3.8, 4) is 0 Å². The minimum atomic E-state index is -0.845. The molecule has 6 heteroatoms. The van der Waals surface area contributed by atoms with Gasteiger partial charge in [0.1, 0.15) is 5.69 Å². The second kappa shape index (κ2) is 5.79. The Labute approximate surface area is 124 Å². The number of hydrogen-bond acceptors (Lipinski definition) is 4. The second-order valence-electron chi connectivity index (χ2n) is 5.91. The molecule has 1 aromatic heterocycles. The van der Waals surface area contributed by atoms with E-state index in [9.17, 15) is 14.7 Å². The maximum absolute atomic E-state index is 12.6. The number of carbonyl (C=O) groups is 2. The molecule has 2 rings (SSSR count). The van der Waals surface area contributed by atoms with Crippen LogP contribution in [0.5, 0.6) is 0 Å². The van der Waals surface area contributed by atoms with Crippen molar-refractivity contribution in [3.63, 3.8) is 0 Å². The summed E-state index contributed by atoms with van der Waals surface area (Å²) in [5.41, 5.74) is 2.45. The maximum Gasteiger partial charge on any atom is 0.308 e. The Hall–Kier alpha value is -1.98. The highest BCUT2D eigenvalue weighted by molar-refractivity contribution is 5.93. The predicted molar refractivity (Wildman–Crippen MR) is 77.1 cm³/mol. The van der Waals surface area contributed by atoms with Gasteiger partial charge in [0.2, 0.25) is 0 Å². The molecule has 0 radical (unpaired) electrons. The third-order valence-electron chi connectivity index (χ3n) is 3.98. The van der Waals surface area contributed by atoms with Crippen LogP contribution in [0.3, 0.4) is 0 Å². The van der Waals surface area contributed by atoms with Crippen molar-refractivity contribution in [3.05, 3.63) is 22.8 Å². The summed E-state index contributed by atoms with van der Waals surface area (Å²) in [6.07, 6.45) is 0.608. The Kier molecular flexibility index (Phi) is 4.25. The molecule has 1 aromatic rings. The van der Waals surface area contributed by atoms with E-state index in [-0.39, 0.29) is 18.4 Å². The Balaban J connectivity index is 2.27. The van der Waals surface area contributed by atoms with Crippen LogP contribution >= 0.6 is 0 Å². The van der Waals surface area contributed by atoms with E-state index in [1.807, 2.05) is 20.8 Å². The van der Waals surface area contributed by atoms with Gasteiger partial charge in [-0.25, -0.2) is 4.98 Å². The van der Waals surface area contributed by atoms with Crippen LogP contribution in [0.1, 0.15) is 40.9 Å². The molecule has 1 fully saturated rings. The van der Waals surface area contributed by atoms with Crippen LogP contribution in [0, 0.1) is 32.6 Å². The minimum absolute atomic E-state index is 0.170. The Bertz CT molecular complexity index is 586. The molecular weight excluding hydrogens is 270 g/mol. The standard InChI is InChI=1S/C15H21N3O3/c1-8-5-12(15(20)21)7-18(6-8)14(19)13-11(4)16-9(2)10(3)17-13/h8,12H,5-7H2,1-4H3,(H,20,21). The Morgan fingerprint density at radius 2 is 1.71 bits per heavy atom. The van der Waals surface area contributed by atoms with E-state index in [0.29, 0.717) is 24.4 Å². The Morgan fingerprint density at radius 3 is 2.33 bits per heavy atom. The van der Waals surface area contributed by atoms with Crippen molar-refractivity contribution in [2.75, 3.05) is 13.1 Å². The number of aromatic nitrogens is 2. The average Bonchev–Trinajstić information content (AvgIpc) is 2.41. The number of piperidine rings is 1. The lowest BCUT2D eigenvalue weighted by molar-refractivity contribution is -0.143. The largest absolute Gasteiger partial charge is 0.481 e. The zero-order valence-electron chi connectivity index (χ0n) is 12.9. The monoisotopic (exact) mass is 291 g/mol. The lowest BCUT2D eigenvalue weighted by atomic mass is 9.90. The van der Waals surface area contributed by atoms with E-state index in [0.717, 1.165) is 11.4 Å². The van der Waals surface area contributed by atoms with Gasteiger partial charge < -0.3 is 10.0 Å². The highest BCUT2D eigenvalue weighted by Gasteiger charge is 2.33. The van der Waals surface area contributed by atoms with Crippen LogP contribution in [0.2, 0.25) is 0 Å². The lowest BCUT2D eigenvalue weighted by Gasteiger charge is -2.34. The van der Waals surface area contributed by atoms with Crippen molar-refractivity contribution in [1.29, 1.82) is 0 Å². The van der Waals surface area contributed by atoms with Gasteiger partial charge in [0.15, 0.2) is 0 Å². The van der Waals surface area contributed by atoms with E-state index < -0.39 is 11.9 Å². The fourth-order valence-corrected chi connectivity index (χ4v) is 2.76. The first-order valence-corrected chi connectivity index (χ1v) is 7.13. The number of carboxylic acids is 1. The van der Waals surface area contributed by atoms with Gasteiger partial charge in [-0.15, -0.1) is 0 Å². The van der Waals surface area contributed by atoms with Crippen LogP contribution in [0.25, 0.3) is 0 Å². The summed E-state index contributed by atoms with van der Waals surface area (Å²) < 4.78 is 0. The molecule has 21 heavy (non-hydrogen) atoms. The zero-order valence-corrected chi connectivity index (χ0v) is 12.9. The Morgan fingerprint density at radius 1 is 1.10 bits per heavy atom. The van der Waals surface area contributed by atoms with Crippen molar-refractivity contribution >= 4 is 11.9 Å². The maximum atomic E-state index is 12.6. The van der Waals surface area contributed by atoms with Gasteiger partial charge in [0, 0.05) is 13.1 Å². The molecule has 1 aliphatic rings. The lowest BCUT2D eigenvalue weighted by Crippen LogP contribution is -2.46. The summed E-state index contributed by atoms with van der Waals surface area (Å²) in [7, 11) is 0. The zero-order chi connectivity index (χ0) is 15.7. The van der Waals surface area contributed by atoms with Gasteiger partial charge >= 0.3 is 5.97 Å². The third kappa shape index (κ3) is 3.20. The number of aryl methyl sites for hydroxylation is 3. The smallest absolute Gasteiger partial charge is 0.308 e. The first-order chi connectivity index (χ1) is 9.79. The number of rotatable bonds is 2. The first-order valence-electron chi connectivity index (χ1n) is 7.13. The van der Waals surface area contributed by atoms with Crippen LogP contribution in [0.4, 0.5) is 0 Å². The van der Waals surface area contributed by atoms with Crippen LogP contribution in [-0.2, 0) is 4.79 Å². The highest BCUT2D eigenvalue weighted by Crippen LogP contribution is 2.23. The number of likely N-dealkylation sites (tertiary alicyclic amines) is 1. The van der Waals surface area contributed by atoms with E-state index in [1.54, 1.807) is 11.8 Å². The molecule has 0 aliphatic carbocycles. The first kappa shape index (κ1) is 15.4. The predicted octanol–water partition coefficient (Wildman–Crippen LogP) is 1.58. The summed E-state index contributed by atoms with van der Waals surface area (Å²) in [5, 5.41) is 9.20. The van der Waals surface area contributed by atoms with Crippen molar-refractivity contribution in [2.24, 2.45) is 11.8 Å². The molecule has 1 aliphatic heterocycles. The third-order valence-corrected chi connectivity index (χ3v) is 3.98. The summed E-state index contributed by atoms with van der Waals surface area (Å²) in [6.45, 7) is 8.21. The summed E-state index contributed by atoms with van der Waals surface area (Å²) >= 11 is 0. The molecule has 1 N–H and O–H groups in total. The number of amides is 1. The number of carboxylic acid groups (broad SMARTS) is 1. The average molecular weight is 291 g/mol. The summed E-state index contributed by atoms with van der Waals surface area (Å²) in [6, 6.07) is 0. The van der Waals surface area contributed by atoms with Crippen molar-refractivity contribution < 1.29 is 14.7 Å². The van der Waals surface area contributed by atoms with Crippen LogP contribution in [0.15, 0.2) is 0 Å². The molecule has 2 atom stereocenters. The van der Waals surface area contributed by atoms with Gasteiger partial charge in [-0.3, -0.25) is 14.6 Å². The molecule has 1 amide bonds. The molecule has 0 bridgehead atoms. The molecule has 6 nitrogen and oxygen atoms in total. The fraction of sp³-hybridized carbons (Fsp3) is 0.600. The van der Waals surface area contributed by atoms with E-state index in [1.165, 1.54) is 0 Å². The molecular formula is C15H21N3O3. The normalized spacial score (nSPS) is 22.2. The van der Waals surface area contributed by atoms with Crippen molar-refractivity contribution in [2.45, 2.75) is 34.1 Å². The molecule has 114 valence electrons. The second-order valence-corrected chi connectivity index (χ2v) is 5.91.